The summed E-state index contributed by atoms with van der Waals surface area (Å²) in [5, 5.41) is 0. The predicted molar refractivity (Wildman–Crippen MR) is 119 cm³/mol. The summed E-state index contributed by atoms with van der Waals surface area (Å²) in [6, 6.07) is 0. The zero-order chi connectivity index (χ0) is 19.5. The molecule has 3 fully saturated rings. The van der Waals surface area contributed by atoms with E-state index in [2.05, 4.69) is 27.7 Å². The van der Waals surface area contributed by atoms with Crippen LogP contribution < -0.4 is 0 Å². The van der Waals surface area contributed by atoms with Gasteiger partial charge in [0.1, 0.15) is 0 Å². The molecule has 0 heterocycles. The highest BCUT2D eigenvalue weighted by Gasteiger charge is 2.13. The Kier molecular flexibility index (Phi) is 22.1. The van der Waals surface area contributed by atoms with Gasteiger partial charge in [-0.1, -0.05) is 139 Å². The van der Waals surface area contributed by atoms with Crippen molar-refractivity contribution in [2.45, 2.75) is 139 Å². The van der Waals surface area contributed by atoms with E-state index in [0.717, 1.165) is 23.7 Å². The van der Waals surface area contributed by atoms with E-state index in [1.807, 2.05) is 27.7 Å². The van der Waals surface area contributed by atoms with Crippen molar-refractivity contribution in [3.63, 3.8) is 0 Å². The highest BCUT2D eigenvalue weighted by Crippen LogP contribution is 2.27. The van der Waals surface area contributed by atoms with Crippen molar-refractivity contribution in [3.05, 3.63) is 0 Å². The third-order valence-electron chi connectivity index (χ3n) is 6.00. The molecule has 0 atom stereocenters. The zero-order valence-electron chi connectivity index (χ0n) is 19.5. The Balaban J connectivity index is 0. The third-order valence-corrected chi connectivity index (χ3v) is 6.00. The van der Waals surface area contributed by atoms with Gasteiger partial charge in [-0.3, -0.25) is 0 Å². The fourth-order valence-corrected chi connectivity index (χ4v) is 3.63. The molecule has 0 heteroatoms. The van der Waals surface area contributed by atoms with Gasteiger partial charge in [0.15, 0.2) is 0 Å². The second kappa shape index (κ2) is 20.3. The molecule has 0 bridgehead atoms. The van der Waals surface area contributed by atoms with E-state index in [4.69, 9.17) is 0 Å². The van der Waals surface area contributed by atoms with Crippen molar-refractivity contribution in [1.29, 1.82) is 0 Å². The molecule has 0 aliphatic heterocycles. The van der Waals surface area contributed by atoms with Crippen LogP contribution in [0.4, 0.5) is 0 Å². The normalized spacial score (nSPS) is 25.9. The highest BCUT2D eigenvalue weighted by atomic mass is 14.2. The molecule has 25 heavy (non-hydrogen) atoms. The molecular weight excluding hydrogens is 300 g/mol. The van der Waals surface area contributed by atoms with Crippen LogP contribution in [0.25, 0.3) is 0 Å². The summed E-state index contributed by atoms with van der Waals surface area (Å²) in [6.07, 6.45) is 19.3. The van der Waals surface area contributed by atoms with E-state index in [1.165, 1.54) is 83.5 Å². The van der Waals surface area contributed by atoms with Crippen molar-refractivity contribution < 1.29 is 0 Å². The topological polar surface area (TPSA) is 0 Å². The summed E-state index contributed by atoms with van der Waals surface area (Å²) in [5.41, 5.74) is 0. The highest BCUT2D eigenvalue weighted by molar-refractivity contribution is 4.66. The van der Waals surface area contributed by atoms with Crippen LogP contribution in [0.3, 0.4) is 0 Å². The van der Waals surface area contributed by atoms with Crippen molar-refractivity contribution in [2.75, 3.05) is 0 Å². The van der Waals surface area contributed by atoms with Crippen LogP contribution in [0, 0.1) is 23.7 Å². The average molecular weight is 355 g/mol. The van der Waals surface area contributed by atoms with Gasteiger partial charge in [0.25, 0.3) is 0 Å². The summed E-state index contributed by atoms with van der Waals surface area (Å²) in [5.74, 6) is 4.19. The molecule has 0 aromatic carbocycles. The first-order valence-corrected chi connectivity index (χ1v) is 12.1. The first-order valence-electron chi connectivity index (χ1n) is 12.1. The molecule has 0 spiro atoms. The molecule has 0 unspecified atom stereocenters. The van der Waals surface area contributed by atoms with Crippen LogP contribution in [-0.2, 0) is 0 Å². The van der Waals surface area contributed by atoms with Gasteiger partial charge in [-0.05, 0) is 23.7 Å². The van der Waals surface area contributed by atoms with Gasteiger partial charge in [-0.15, -0.1) is 0 Å². The van der Waals surface area contributed by atoms with E-state index < -0.39 is 0 Å². The lowest BCUT2D eigenvalue weighted by Crippen LogP contribution is -2.08. The molecule has 0 saturated heterocycles. The predicted octanol–water partition coefficient (Wildman–Crippen LogP) is 9.67. The molecule has 3 aliphatic carbocycles. The number of rotatable bonds is 1. The lowest BCUT2D eigenvalue weighted by Gasteiger charge is -2.22. The molecular formula is C25H54. The van der Waals surface area contributed by atoms with E-state index in [9.17, 15) is 0 Å². The average Bonchev–Trinajstić information content (AvgIpc) is 2.67. The van der Waals surface area contributed by atoms with Crippen LogP contribution in [-0.4, -0.2) is 0 Å². The Hall–Kier alpha value is 0. The van der Waals surface area contributed by atoms with Gasteiger partial charge < -0.3 is 0 Å². The maximum Gasteiger partial charge on any atom is -0.0417 e. The number of hydrogen-bond donors (Lipinski definition) is 0. The van der Waals surface area contributed by atoms with Crippen LogP contribution in [0.5, 0.6) is 0 Å². The van der Waals surface area contributed by atoms with Gasteiger partial charge in [0.05, 0.1) is 0 Å². The first kappa shape index (κ1) is 27.2. The minimum atomic E-state index is 1.02. The molecule has 0 N–H and O–H groups in total. The summed E-state index contributed by atoms with van der Waals surface area (Å²) in [4.78, 5) is 0. The molecule has 154 valence electrons. The minimum absolute atomic E-state index is 1.02. The molecule has 3 aliphatic rings. The molecule has 0 radical (unpaired) electrons. The largest absolute Gasteiger partial charge is 0.0683 e. The minimum Gasteiger partial charge on any atom is -0.0683 e. The lowest BCUT2D eigenvalue weighted by molar-refractivity contribution is 0.308. The maximum atomic E-state index is 2.37. The van der Waals surface area contributed by atoms with Gasteiger partial charge in [-0.2, -0.15) is 0 Å². The SMILES string of the molecule is CC.CC.CC1CCC(C)CC1.CC1CCC1.CCC1CCCCC1. The van der Waals surface area contributed by atoms with Gasteiger partial charge in [0, 0.05) is 0 Å². The smallest absolute Gasteiger partial charge is 0.0417 e. The van der Waals surface area contributed by atoms with Crippen molar-refractivity contribution in [3.8, 4) is 0 Å². The van der Waals surface area contributed by atoms with E-state index in [-0.39, 0.29) is 0 Å². The van der Waals surface area contributed by atoms with E-state index in [1.54, 1.807) is 0 Å². The summed E-state index contributed by atoms with van der Waals surface area (Å²) >= 11 is 0. The summed E-state index contributed by atoms with van der Waals surface area (Å²) < 4.78 is 0. The van der Waals surface area contributed by atoms with Crippen LogP contribution in [0.15, 0.2) is 0 Å². The molecule has 0 aromatic heterocycles. The lowest BCUT2D eigenvalue weighted by atomic mass is 9.84. The Labute approximate surface area is 163 Å². The molecule has 3 rings (SSSR count). The Bertz CT molecular complexity index is 204. The van der Waals surface area contributed by atoms with Crippen LogP contribution in [0.2, 0.25) is 0 Å². The fourth-order valence-electron chi connectivity index (χ4n) is 3.63. The van der Waals surface area contributed by atoms with Crippen LogP contribution in [0.1, 0.15) is 139 Å². The maximum absolute atomic E-state index is 2.37. The zero-order valence-corrected chi connectivity index (χ0v) is 19.5. The van der Waals surface area contributed by atoms with Crippen molar-refractivity contribution in [1.82, 2.24) is 0 Å². The Morgan fingerprint density at radius 3 is 1.04 bits per heavy atom. The van der Waals surface area contributed by atoms with E-state index in [0.29, 0.717) is 0 Å². The first-order chi connectivity index (χ1) is 12.1. The van der Waals surface area contributed by atoms with Crippen LogP contribution >= 0.6 is 0 Å². The van der Waals surface area contributed by atoms with Gasteiger partial charge >= 0.3 is 0 Å². The third kappa shape index (κ3) is 17.2. The van der Waals surface area contributed by atoms with Crippen molar-refractivity contribution >= 4 is 0 Å². The quantitative estimate of drug-likeness (QED) is 0.439. The molecule has 0 amide bonds. The Morgan fingerprint density at radius 1 is 0.480 bits per heavy atom. The molecule has 3 saturated carbocycles. The summed E-state index contributed by atoms with van der Waals surface area (Å²) in [7, 11) is 0. The van der Waals surface area contributed by atoms with Gasteiger partial charge in [0.2, 0.25) is 0 Å². The molecule has 0 aromatic rings. The Morgan fingerprint density at radius 2 is 0.840 bits per heavy atom. The van der Waals surface area contributed by atoms with E-state index >= 15 is 0 Å². The summed E-state index contributed by atoms with van der Waals surface area (Å²) in [6.45, 7) is 17.4. The van der Waals surface area contributed by atoms with Gasteiger partial charge in [-0.25, -0.2) is 0 Å². The second-order valence-corrected chi connectivity index (χ2v) is 8.31. The number of hydrogen-bond acceptors (Lipinski definition) is 0. The van der Waals surface area contributed by atoms with Crippen molar-refractivity contribution in [2.24, 2.45) is 23.7 Å². The monoisotopic (exact) mass is 354 g/mol. The fraction of sp³-hybridized carbons (Fsp3) is 1.00. The standard InChI is InChI=1S/2C8H16.C5H10.2C2H6/c1-7-3-5-8(2)6-4-7;1-2-8-6-4-3-5-7-8;1-5-3-2-4-5;2*1-2/h7-8H,3-6H2,1-2H3;8H,2-7H2,1H3;5H,2-4H2,1H3;2*1-2H3. The molecule has 0 nitrogen and oxygen atoms in total. The second-order valence-electron chi connectivity index (χ2n) is 8.31.